The van der Waals surface area contributed by atoms with Crippen molar-refractivity contribution in [2.75, 3.05) is 33.1 Å². The van der Waals surface area contributed by atoms with E-state index in [0.29, 0.717) is 11.2 Å². The van der Waals surface area contributed by atoms with Crippen molar-refractivity contribution in [3.63, 3.8) is 0 Å². The van der Waals surface area contributed by atoms with Crippen LogP contribution in [0.5, 0.6) is 0 Å². The van der Waals surface area contributed by atoms with Crippen LogP contribution >= 0.6 is 11.8 Å². The van der Waals surface area contributed by atoms with E-state index in [9.17, 15) is 0 Å². The van der Waals surface area contributed by atoms with E-state index in [1.165, 1.54) is 0 Å². The van der Waals surface area contributed by atoms with Crippen LogP contribution in [0.25, 0.3) is 0 Å². The van der Waals surface area contributed by atoms with E-state index >= 15 is 0 Å². The van der Waals surface area contributed by atoms with Gasteiger partial charge in [-0.25, -0.2) is 0 Å². The van der Waals surface area contributed by atoms with Crippen molar-refractivity contribution in [2.24, 2.45) is 5.92 Å². The summed E-state index contributed by atoms with van der Waals surface area (Å²) in [6.45, 7) is 7.42. The van der Waals surface area contributed by atoms with Gasteiger partial charge in [-0.1, -0.05) is 13.8 Å². The molecule has 12 heavy (non-hydrogen) atoms. The summed E-state index contributed by atoms with van der Waals surface area (Å²) >= 11 is 1.90. The Morgan fingerprint density at radius 1 is 1.33 bits per heavy atom. The second-order valence-corrected chi connectivity index (χ2v) is 4.54. The first-order valence-electron chi connectivity index (χ1n) is 4.43. The van der Waals surface area contributed by atoms with Gasteiger partial charge in [0.25, 0.3) is 0 Å². The minimum atomic E-state index is 0.615. The summed E-state index contributed by atoms with van der Waals surface area (Å²) in [4.78, 5) is 0. The number of methoxy groups -OCH3 is 1. The molecule has 0 spiro atoms. The Kier molecular flexibility index (Phi) is 8.07. The Morgan fingerprint density at radius 2 is 2.00 bits per heavy atom. The van der Waals surface area contributed by atoms with Gasteiger partial charge in [0.05, 0.1) is 0 Å². The molecule has 3 heteroatoms. The summed E-state index contributed by atoms with van der Waals surface area (Å²) in [5.74, 6) is 0.615. The van der Waals surface area contributed by atoms with Crippen LogP contribution in [0.1, 0.15) is 13.8 Å². The molecule has 0 saturated heterocycles. The average Bonchev–Trinajstić information content (AvgIpc) is 2.04. The zero-order valence-electron chi connectivity index (χ0n) is 8.59. The highest BCUT2D eigenvalue weighted by Crippen LogP contribution is 2.02. The summed E-state index contributed by atoms with van der Waals surface area (Å²) < 4.78 is 5.04. The van der Waals surface area contributed by atoms with Crippen molar-refractivity contribution in [1.29, 1.82) is 0 Å². The van der Waals surface area contributed by atoms with Gasteiger partial charge in [0.2, 0.25) is 0 Å². The second-order valence-electron chi connectivity index (χ2n) is 3.27. The molecule has 74 valence electrons. The quantitative estimate of drug-likeness (QED) is 0.660. The molecule has 0 rings (SSSR count). The van der Waals surface area contributed by atoms with Crippen LogP contribution in [0.4, 0.5) is 0 Å². The van der Waals surface area contributed by atoms with Gasteiger partial charge in [0.15, 0.2) is 0 Å². The predicted molar refractivity (Wildman–Crippen MR) is 56.9 cm³/mol. The van der Waals surface area contributed by atoms with Crippen molar-refractivity contribution in [2.45, 2.75) is 19.1 Å². The zero-order chi connectivity index (χ0) is 9.40. The van der Waals surface area contributed by atoms with Gasteiger partial charge >= 0.3 is 0 Å². The SMILES string of the molecule is COCC(C)CNCC(C)SC. The smallest absolute Gasteiger partial charge is 0.0499 e. The van der Waals surface area contributed by atoms with Gasteiger partial charge in [-0.2, -0.15) is 11.8 Å². The molecule has 1 N–H and O–H groups in total. The lowest BCUT2D eigenvalue weighted by molar-refractivity contribution is 0.158. The summed E-state index contributed by atoms with van der Waals surface area (Å²) in [5.41, 5.74) is 0. The fraction of sp³-hybridized carbons (Fsp3) is 1.00. The fourth-order valence-corrected chi connectivity index (χ4v) is 1.24. The monoisotopic (exact) mass is 191 g/mol. The molecule has 0 bridgehead atoms. The van der Waals surface area contributed by atoms with Gasteiger partial charge in [-0.15, -0.1) is 0 Å². The summed E-state index contributed by atoms with van der Waals surface area (Å²) in [6.07, 6.45) is 2.14. The van der Waals surface area contributed by atoms with E-state index in [4.69, 9.17) is 4.74 Å². The number of thioether (sulfide) groups is 1. The highest BCUT2D eigenvalue weighted by Gasteiger charge is 2.02. The highest BCUT2D eigenvalue weighted by atomic mass is 32.2. The summed E-state index contributed by atoms with van der Waals surface area (Å²) in [5, 5.41) is 4.13. The van der Waals surface area contributed by atoms with E-state index in [1.54, 1.807) is 7.11 Å². The highest BCUT2D eigenvalue weighted by molar-refractivity contribution is 7.99. The molecular formula is C9H21NOS. The Bertz CT molecular complexity index is 101. The van der Waals surface area contributed by atoms with Crippen LogP contribution in [0.15, 0.2) is 0 Å². The Hall–Kier alpha value is 0.270. The van der Waals surface area contributed by atoms with Crippen molar-refractivity contribution >= 4 is 11.8 Å². The maximum atomic E-state index is 5.04. The molecule has 0 fully saturated rings. The molecule has 2 atom stereocenters. The van der Waals surface area contributed by atoms with Crippen molar-refractivity contribution in [3.05, 3.63) is 0 Å². The first-order valence-corrected chi connectivity index (χ1v) is 5.72. The van der Waals surface area contributed by atoms with Crippen molar-refractivity contribution < 1.29 is 4.74 Å². The van der Waals surface area contributed by atoms with E-state index in [2.05, 4.69) is 25.4 Å². The van der Waals surface area contributed by atoms with Crippen LogP contribution < -0.4 is 5.32 Å². The zero-order valence-corrected chi connectivity index (χ0v) is 9.41. The van der Waals surface area contributed by atoms with E-state index < -0.39 is 0 Å². The molecule has 0 aliphatic carbocycles. The molecule has 0 aromatic heterocycles. The lowest BCUT2D eigenvalue weighted by Gasteiger charge is -2.13. The van der Waals surface area contributed by atoms with Gasteiger partial charge in [0, 0.05) is 25.5 Å². The molecule has 2 nitrogen and oxygen atoms in total. The molecule has 2 unspecified atom stereocenters. The normalized spacial score (nSPS) is 16.0. The maximum Gasteiger partial charge on any atom is 0.0499 e. The van der Waals surface area contributed by atoms with Crippen LogP contribution in [0, 0.1) is 5.92 Å². The molecule has 0 aliphatic rings. The third-order valence-corrected chi connectivity index (χ3v) is 2.75. The first kappa shape index (κ1) is 12.3. The van der Waals surface area contributed by atoms with Gasteiger partial charge in [-0.05, 0) is 18.7 Å². The van der Waals surface area contributed by atoms with E-state index in [-0.39, 0.29) is 0 Å². The van der Waals surface area contributed by atoms with Gasteiger partial charge < -0.3 is 10.1 Å². The number of nitrogens with one attached hydrogen (secondary N) is 1. The molecule has 0 aromatic rings. The third-order valence-electron chi connectivity index (χ3n) is 1.78. The molecule has 0 saturated carbocycles. The van der Waals surface area contributed by atoms with E-state index in [1.807, 2.05) is 11.8 Å². The Balaban J connectivity index is 3.18. The molecule has 0 aliphatic heterocycles. The number of hydrogen-bond acceptors (Lipinski definition) is 3. The van der Waals surface area contributed by atoms with Crippen LogP contribution in [-0.2, 0) is 4.74 Å². The van der Waals surface area contributed by atoms with Crippen LogP contribution in [0.3, 0.4) is 0 Å². The minimum Gasteiger partial charge on any atom is -0.384 e. The second kappa shape index (κ2) is 7.90. The van der Waals surface area contributed by atoms with Crippen LogP contribution in [-0.4, -0.2) is 38.3 Å². The molecule has 0 heterocycles. The summed E-state index contributed by atoms with van der Waals surface area (Å²) in [7, 11) is 1.75. The number of hydrogen-bond donors (Lipinski definition) is 1. The van der Waals surface area contributed by atoms with Crippen molar-refractivity contribution in [3.8, 4) is 0 Å². The first-order chi connectivity index (χ1) is 5.70. The lowest BCUT2D eigenvalue weighted by atomic mass is 10.2. The lowest BCUT2D eigenvalue weighted by Crippen LogP contribution is -2.28. The minimum absolute atomic E-state index is 0.615. The largest absolute Gasteiger partial charge is 0.384 e. The molecule has 0 amide bonds. The fourth-order valence-electron chi connectivity index (χ4n) is 0.960. The molecule has 0 aromatic carbocycles. The Labute approximate surface area is 80.4 Å². The molecular weight excluding hydrogens is 170 g/mol. The average molecular weight is 191 g/mol. The number of ether oxygens (including phenoxy) is 1. The predicted octanol–water partition coefficient (Wildman–Crippen LogP) is 1.61. The third kappa shape index (κ3) is 6.95. The Morgan fingerprint density at radius 3 is 2.50 bits per heavy atom. The maximum absolute atomic E-state index is 5.04. The molecule has 0 radical (unpaired) electrons. The van der Waals surface area contributed by atoms with Gasteiger partial charge in [0.1, 0.15) is 0 Å². The van der Waals surface area contributed by atoms with Crippen LogP contribution in [0.2, 0.25) is 0 Å². The van der Waals surface area contributed by atoms with E-state index in [0.717, 1.165) is 19.7 Å². The van der Waals surface area contributed by atoms with Gasteiger partial charge in [-0.3, -0.25) is 0 Å². The standard InChI is InChI=1S/C9H21NOS/c1-8(7-11-3)5-10-6-9(2)12-4/h8-10H,5-7H2,1-4H3. The van der Waals surface area contributed by atoms with Crippen molar-refractivity contribution in [1.82, 2.24) is 5.32 Å². The summed E-state index contributed by atoms with van der Waals surface area (Å²) in [6, 6.07) is 0. The number of rotatable bonds is 7. The topological polar surface area (TPSA) is 21.3 Å².